The first-order valence-electron chi connectivity index (χ1n) is 7.07. The number of piperazine rings is 1. The predicted octanol–water partition coefficient (Wildman–Crippen LogP) is 2.49. The second kappa shape index (κ2) is 5.05. The third-order valence-corrected chi connectivity index (χ3v) is 4.49. The highest BCUT2D eigenvalue weighted by Gasteiger charge is 2.35. The lowest BCUT2D eigenvalue weighted by Crippen LogP contribution is -2.59. The van der Waals surface area contributed by atoms with Gasteiger partial charge in [0, 0.05) is 31.2 Å². The van der Waals surface area contributed by atoms with E-state index in [2.05, 4.69) is 37.9 Å². The monoisotopic (exact) mass is 224 g/mol. The lowest BCUT2D eigenvalue weighted by molar-refractivity contribution is 0.0600. The van der Waals surface area contributed by atoms with Crippen molar-refractivity contribution in [1.82, 2.24) is 10.2 Å². The summed E-state index contributed by atoms with van der Waals surface area (Å²) in [5, 5.41) is 3.64. The molecule has 2 rings (SSSR count). The van der Waals surface area contributed by atoms with Crippen LogP contribution in [0.1, 0.15) is 47.0 Å². The van der Waals surface area contributed by atoms with Crippen LogP contribution in [-0.4, -0.2) is 36.1 Å². The average Bonchev–Trinajstić information content (AvgIpc) is 2.64. The molecule has 2 fully saturated rings. The van der Waals surface area contributed by atoms with Crippen molar-refractivity contribution in [2.45, 2.75) is 65.1 Å². The highest BCUT2D eigenvalue weighted by atomic mass is 15.3. The quantitative estimate of drug-likeness (QED) is 0.775. The van der Waals surface area contributed by atoms with E-state index in [0.717, 1.165) is 23.9 Å². The Hall–Kier alpha value is -0.0800. The fourth-order valence-corrected chi connectivity index (χ4v) is 3.47. The molecule has 0 bridgehead atoms. The Morgan fingerprint density at radius 1 is 1.19 bits per heavy atom. The third kappa shape index (κ3) is 2.60. The second-order valence-electron chi connectivity index (χ2n) is 6.39. The Morgan fingerprint density at radius 2 is 1.94 bits per heavy atom. The van der Waals surface area contributed by atoms with Crippen molar-refractivity contribution in [3.63, 3.8) is 0 Å². The van der Waals surface area contributed by atoms with E-state index in [-0.39, 0.29) is 0 Å². The van der Waals surface area contributed by atoms with Crippen LogP contribution >= 0.6 is 0 Å². The van der Waals surface area contributed by atoms with Gasteiger partial charge in [0.25, 0.3) is 0 Å². The van der Waals surface area contributed by atoms with Crippen LogP contribution in [0.15, 0.2) is 0 Å². The first-order valence-corrected chi connectivity index (χ1v) is 7.07. The standard InChI is InChI=1S/C14H28N2/c1-10(2)14-8-15-12(4)9-16(14)13-6-5-11(3)7-13/h10-15H,5-9H2,1-4H3. The summed E-state index contributed by atoms with van der Waals surface area (Å²) in [6.45, 7) is 11.9. The molecule has 1 saturated carbocycles. The molecule has 0 spiro atoms. The Labute approximate surface area is 101 Å². The van der Waals surface area contributed by atoms with E-state index in [1.165, 1.54) is 32.4 Å². The van der Waals surface area contributed by atoms with Crippen LogP contribution in [0.5, 0.6) is 0 Å². The van der Waals surface area contributed by atoms with Gasteiger partial charge in [-0.3, -0.25) is 4.90 Å². The Kier molecular flexibility index (Phi) is 3.91. The van der Waals surface area contributed by atoms with Crippen molar-refractivity contribution < 1.29 is 0 Å². The molecule has 2 aliphatic rings. The van der Waals surface area contributed by atoms with Gasteiger partial charge in [0.15, 0.2) is 0 Å². The van der Waals surface area contributed by atoms with E-state index in [1.54, 1.807) is 0 Å². The van der Waals surface area contributed by atoms with E-state index < -0.39 is 0 Å². The van der Waals surface area contributed by atoms with Crippen LogP contribution in [-0.2, 0) is 0 Å². The van der Waals surface area contributed by atoms with Crippen LogP contribution in [0, 0.1) is 11.8 Å². The first kappa shape index (κ1) is 12.4. The maximum Gasteiger partial charge on any atom is 0.0247 e. The zero-order valence-electron chi connectivity index (χ0n) is 11.4. The average molecular weight is 224 g/mol. The number of hydrogen-bond donors (Lipinski definition) is 1. The normalized spacial score (nSPS) is 41.8. The van der Waals surface area contributed by atoms with E-state index in [4.69, 9.17) is 0 Å². The van der Waals surface area contributed by atoms with Crippen molar-refractivity contribution in [2.24, 2.45) is 11.8 Å². The van der Waals surface area contributed by atoms with Gasteiger partial charge in [-0.1, -0.05) is 20.8 Å². The number of hydrogen-bond acceptors (Lipinski definition) is 2. The SMILES string of the molecule is CC1CCC(N2CC(C)NCC2C(C)C)C1. The van der Waals surface area contributed by atoms with Crippen molar-refractivity contribution in [3.05, 3.63) is 0 Å². The molecule has 4 unspecified atom stereocenters. The minimum Gasteiger partial charge on any atom is -0.311 e. The minimum atomic E-state index is 0.672. The van der Waals surface area contributed by atoms with Crippen molar-refractivity contribution in [2.75, 3.05) is 13.1 Å². The highest BCUT2D eigenvalue weighted by molar-refractivity contribution is 4.92. The lowest BCUT2D eigenvalue weighted by Gasteiger charge is -2.45. The third-order valence-electron chi connectivity index (χ3n) is 4.49. The largest absolute Gasteiger partial charge is 0.311 e. The summed E-state index contributed by atoms with van der Waals surface area (Å²) in [5.74, 6) is 1.72. The fraction of sp³-hybridized carbons (Fsp3) is 1.00. The van der Waals surface area contributed by atoms with Crippen LogP contribution in [0.4, 0.5) is 0 Å². The molecule has 1 aliphatic carbocycles. The molecule has 1 N–H and O–H groups in total. The predicted molar refractivity (Wildman–Crippen MR) is 69.6 cm³/mol. The van der Waals surface area contributed by atoms with E-state index in [1.807, 2.05) is 0 Å². The lowest BCUT2D eigenvalue weighted by atomic mass is 9.96. The Morgan fingerprint density at radius 3 is 2.50 bits per heavy atom. The molecule has 1 aliphatic heterocycles. The van der Waals surface area contributed by atoms with Crippen LogP contribution in [0.25, 0.3) is 0 Å². The van der Waals surface area contributed by atoms with E-state index in [0.29, 0.717) is 6.04 Å². The first-order chi connectivity index (χ1) is 7.58. The van der Waals surface area contributed by atoms with E-state index >= 15 is 0 Å². The van der Waals surface area contributed by atoms with Gasteiger partial charge in [-0.2, -0.15) is 0 Å². The summed E-state index contributed by atoms with van der Waals surface area (Å²) in [4.78, 5) is 2.81. The summed E-state index contributed by atoms with van der Waals surface area (Å²) >= 11 is 0. The topological polar surface area (TPSA) is 15.3 Å². The maximum atomic E-state index is 3.64. The molecule has 0 radical (unpaired) electrons. The molecule has 2 nitrogen and oxygen atoms in total. The Bertz CT molecular complexity index is 227. The molecule has 2 heteroatoms. The molecule has 1 saturated heterocycles. The summed E-state index contributed by atoms with van der Waals surface area (Å²) in [6.07, 6.45) is 4.29. The van der Waals surface area contributed by atoms with Gasteiger partial charge in [-0.25, -0.2) is 0 Å². The van der Waals surface area contributed by atoms with Crippen LogP contribution in [0.3, 0.4) is 0 Å². The molecular weight excluding hydrogens is 196 g/mol. The molecular formula is C14H28N2. The zero-order chi connectivity index (χ0) is 11.7. The second-order valence-corrected chi connectivity index (χ2v) is 6.39. The number of rotatable bonds is 2. The zero-order valence-corrected chi connectivity index (χ0v) is 11.4. The fourth-order valence-electron chi connectivity index (χ4n) is 3.47. The molecule has 94 valence electrons. The summed E-state index contributed by atoms with van der Waals surface area (Å²) in [6, 6.07) is 2.30. The van der Waals surface area contributed by atoms with Crippen molar-refractivity contribution >= 4 is 0 Å². The molecule has 0 aromatic heterocycles. The Balaban J connectivity index is 2.02. The van der Waals surface area contributed by atoms with Gasteiger partial charge in [0.2, 0.25) is 0 Å². The number of nitrogens with zero attached hydrogens (tertiary/aromatic N) is 1. The van der Waals surface area contributed by atoms with Crippen molar-refractivity contribution in [3.8, 4) is 0 Å². The summed E-state index contributed by atoms with van der Waals surface area (Å²) in [5.41, 5.74) is 0. The van der Waals surface area contributed by atoms with Gasteiger partial charge >= 0.3 is 0 Å². The van der Waals surface area contributed by atoms with Crippen LogP contribution < -0.4 is 5.32 Å². The number of nitrogens with one attached hydrogen (secondary N) is 1. The molecule has 0 amide bonds. The minimum absolute atomic E-state index is 0.672. The molecule has 0 aromatic rings. The van der Waals surface area contributed by atoms with Gasteiger partial charge in [0.1, 0.15) is 0 Å². The molecule has 1 heterocycles. The smallest absolute Gasteiger partial charge is 0.0247 e. The maximum absolute atomic E-state index is 3.64. The van der Waals surface area contributed by atoms with Gasteiger partial charge < -0.3 is 5.32 Å². The van der Waals surface area contributed by atoms with Crippen LogP contribution in [0.2, 0.25) is 0 Å². The van der Waals surface area contributed by atoms with Crippen molar-refractivity contribution in [1.29, 1.82) is 0 Å². The summed E-state index contributed by atoms with van der Waals surface area (Å²) < 4.78 is 0. The van der Waals surface area contributed by atoms with Gasteiger partial charge in [0.05, 0.1) is 0 Å². The summed E-state index contributed by atoms with van der Waals surface area (Å²) in [7, 11) is 0. The molecule has 0 aromatic carbocycles. The van der Waals surface area contributed by atoms with E-state index in [9.17, 15) is 0 Å². The van der Waals surface area contributed by atoms with Gasteiger partial charge in [-0.05, 0) is 38.0 Å². The molecule has 4 atom stereocenters. The van der Waals surface area contributed by atoms with Gasteiger partial charge in [-0.15, -0.1) is 0 Å². The highest BCUT2D eigenvalue weighted by Crippen LogP contribution is 2.32. The molecule has 16 heavy (non-hydrogen) atoms.